The number of nitrogens with one attached hydrogen (secondary N) is 3. The summed E-state index contributed by atoms with van der Waals surface area (Å²) < 4.78 is 5.64. The largest absolute Gasteiger partial charge is 0.484 e. The predicted octanol–water partition coefficient (Wildman–Crippen LogP) is 1.98. The van der Waals surface area contributed by atoms with Crippen LogP contribution in [0.3, 0.4) is 0 Å². The lowest BCUT2D eigenvalue weighted by atomic mass is 9.87. The number of piperidine rings is 1. The summed E-state index contributed by atoms with van der Waals surface area (Å²) in [6.07, 6.45) is 5.45. The summed E-state index contributed by atoms with van der Waals surface area (Å²) in [6.45, 7) is 9.91. The molecule has 1 saturated heterocycles. The number of amides is 3. The number of benzene rings is 1. The molecule has 3 amide bonds. The Bertz CT molecular complexity index is 1420. The Morgan fingerprint density at radius 1 is 1.09 bits per heavy atom. The predicted molar refractivity (Wildman–Crippen MR) is 182 cm³/mol. The van der Waals surface area contributed by atoms with Gasteiger partial charge in [-0.15, -0.1) is 0 Å². The van der Waals surface area contributed by atoms with Crippen molar-refractivity contribution in [2.75, 3.05) is 57.3 Å². The quantitative estimate of drug-likeness (QED) is 0.198. The maximum atomic E-state index is 12.7. The molecule has 0 saturated carbocycles. The fourth-order valence-corrected chi connectivity index (χ4v) is 5.91. The second-order valence-electron chi connectivity index (χ2n) is 12.2. The van der Waals surface area contributed by atoms with Crippen molar-refractivity contribution in [1.82, 2.24) is 35.7 Å². The molecule has 7 N–H and O–H groups in total. The van der Waals surface area contributed by atoms with Crippen molar-refractivity contribution >= 4 is 46.9 Å². The molecule has 1 aromatic carbocycles. The molecule has 1 fully saturated rings. The normalized spacial score (nSPS) is 16.2. The zero-order valence-electron chi connectivity index (χ0n) is 27.5. The molecule has 15 heteroatoms. The Morgan fingerprint density at radius 3 is 2.43 bits per heavy atom. The van der Waals surface area contributed by atoms with Crippen LogP contribution in [-0.4, -0.2) is 101 Å². The molecule has 1 spiro atoms. The lowest BCUT2D eigenvalue weighted by molar-refractivity contribution is -0.133. The number of halogens is 1. The van der Waals surface area contributed by atoms with Gasteiger partial charge in [-0.25, -0.2) is 9.97 Å². The monoisotopic (exact) mass is 670 g/mol. The third-order valence-electron chi connectivity index (χ3n) is 8.57. The number of nitrogens with two attached hydrogens (primary N) is 2. The minimum Gasteiger partial charge on any atom is -0.484 e. The average molecular weight is 671 g/mol. The minimum atomic E-state index is -0.554. The van der Waals surface area contributed by atoms with Crippen LogP contribution in [0.15, 0.2) is 29.3 Å². The highest BCUT2D eigenvalue weighted by atomic mass is 35.5. The zero-order valence-corrected chi connectivity index (χ0v) is 28.2. The van der Waals surface area contributed by atoms with Crippen molar-refractivity contribution in [1.29, 1.82) is 0 Å². The number of nitrogen functional groups attached to an aromatic ring is 2. The number of guanidine groups is 1. The first kappa shape index (κ1) is 35.7. The number of likely N-dealkylation sites (tertiary alicyclic amines) is 1. The number of rotatable bonds is 14. The standard InChI is InChI=1S/C32H47ClN10O4/c1-4-14-43(15-5-2)25(45)18-36-24(44)19-47-23-10-8-22(9-11-23)7-6-21(3)42-16-12-32(13-17-42)20-37-31(41-32)40-30(46)26-28(34)39-29(35)27(33)38-26/h8-11,21H,4-7,12-20H2,1-3H3,(H,36,44)(H4,34,35,39)(H2,37,40,41,46). The Morgan fingerprint density at radius 2 is 1.77 bits per heavy atom. The van der Waals surface area contributed by atoms with E-state index in [1.807, 2.05) is 38.1 Å². The highest BCUT2D eigenvalue weighted by Gasteiger charge is 2.40. The number of carbonyl (C=O) groups excluding carboxylic acids is 3. The van der Waals surface area contributed by atoms with Crippen LogP contribution in [0, 0.1) is 0 Å². The smallest absolute Gasteiger partial charge is 0.280 e. The molecule has 4 rings (SSSR count). The van der Waals surface area contributed by atoms with E-state index in [4.69, 9.17) is 27.8 Å². The number of anilines is 2. The zero-order chi connectivity index (χ0) is 34.0. The number of aliphatic imine (C=N–C) groups is 1. The molecular weight excluding hydrogens is 624 g/mol. The Balaban J connectivity index is 1.14. The van der Waals surface area contributed by atoms with Crippen LogP contribution in [0.2, 0.25) is 5.15 Å². The van der Waals surface area contributed by atoms with Crippen molar-refractivity contribution in [2.45, 2.75) is 70.9 Å². The van der Waals surface area contributed by atoms with Gasteiger partial charge < -0.3 is 36.6 Å². The molecule has 1 unspecified atom stereocenters. The van der Waals surface area contributed by atoms with Gasteiger partial charge in [0.05, 0.1) is 18.6 Å². The van der Waals surface area contributed by atoms with E-state index in [1.165, 1.54) is 5.56 Å². The molecule has 1 atom stereocenters. The van der Waals surface area contributed by atoms with Crippen LogP contribution in [0.25, 0.3) is 0 Å². The van der Waals surface area contributed by atoms with Gasteiger partial charge in [0.1, 0.15) is 5.75 Å². The van der Waals surface area contributed by atoms with Crippen LogP contribution in [0.1, 0.15) is 68.9 Å². The molecule has 1 aromatic heterocycles. The van der Waals surface area contributed by atoms with E-state index < -0.39 is 5.91 Å². The second kappa shape index (κ2) is 16.6. The fraction of sp³-hybridized carbons (Fsp3) is 0.562. The van der Waals surface area contributed by atoms with E-state index in [1.54, 1.807) is 4.90 Å². The number of nitrogens with zero attached hydrogens (tertiary/aromatic N) is 5. The maximum absolute atomic E-state index is 12.7. The summed E-state index contributed by atoms with van der Waals surface area (Å²) in [4.78, 5) is 53.9. The number of hydrogen-bond donors (Lipinski definition) is 5. The number of ether oxygens (including phenoxy) is 1. The summed E-state index contributed by atoms with van der Waals surface area (Å²) in [6, 6.07) is 8.18. The van der Waals surface area contributed by atoms with Gasteiger partial charge in [-0.3, -0.25) is 24.7 Å². The Kier molecular flexibility index (Phi) is 12.6. The SMILES string of the molecule is CCCN(CCC)C(=O)CNC(=O)COc1ccc(CCC(C)N2CCC3(CC2)CN=C(NC(=O)c2nc(Cl)c(N)nc2N)N3)cc1. The van der Waals surface area contributed by atoms with E-state index in [9.17, 15) is 14.4 Å². The van der Waals surface area contributed by atoms with Crippen molar-refractivity contribution in [3.8, 4) is 5.75 Å². The minimum absolute atomic E-state index is 0.0197. The highest BCUT2D eigenvalue weighted by Crippen LogP contribution is 2.28. The van der Waals surface area contributed by atoms with E-state index in [0.29, 0.717) is 37.4 Å². The van der Waals surface area contributed by atoms with Gasteiger partial charge in [0, 0.05) is 32.2 Å². The van der Waals surface area contributed by atoms with Gasteiger partial charge >= 0.3 is 0 Å². The molecule has 2 aliphatic rings. The molecule has 14 nitrogen and oxygen atoms in total. The van der Waals surface area contributed by atoms with Gasteiger partial charge in [0.25, 0.3) is 11.8 Å². The van der Waals surface area contributed by atoms with Crippen LogP contribution < -0.4 is 32.2 Å². The van der Waals surface area contributed by atoms with Gasteiger partial charge in [0.2, 0.25) is 5.91 Å². The molecule has 256 valence electrons. The second-order valence-corrected chi connectivity index (χ2v) is 12.5. The summed E-state index contributed by atoms with van der Waals surface area (Å²) in [5, 5.41) is 8.71. The summed E-state index contributed by atoms with van der Waals surface area (Å²) in [5.74, 6) is -0.0960. The third-order valence-corrected chi connectivity index (χ3v) is 8.85. The first-order chi connectivity index (χ1) is 22.5. The number of hydrogen-bond acceptors (Lipinski definition) is 11. The maximum Gasteiger partial charge on any atom is 0.280 e. The summed E-state index contributed by atoms with van der Waals surface area (Å²) in [7, 11) is 0. The van der Waals surface area contributed by atoms with Crippen molar-refractivity contribution in [2.24, 2.45) is 4.99 Å². The molecule has 2 aromatic rings. The highest BCUT2D eigenvalue weighted by molar-refractivity contribution is 6.31. The first-order valence-electron chi connectivity index (χ1n) is 16.2. The Labute approximate surface area is 281 Å². The average Bonchev–Trinajstić information content (AvgIpc) is 3.44. The fourth-order valence-electron chi connectivity index (χ4n) is 5.78. The van der Waals surface area contributed by atoms with Gasteiger partial charge in [-0.1, -0.05) is 37.6 Å². The van der Waals surface area contributed by atoms with Crippen molar-refractivity contribution in [3.05, 3.63) is 40.7 Å². The van der Waals surface area contributed by atoms with E-state index in [2.05, 4.69) is 42.7 Å². The van der Waals surface area contributed by atoms with E-state index >= 15 is 0 Å². The molecule has 0 bridgehead atoms. The van der Waals surface area contributed by atoms with Gasteiger partial charge in [-0.2, -0.15) is 0 Å². The number of aromatic nitrogens is 2. The molecule has 0 radical (unpaired) electrons. The molecule has 2 aliphatic heterocycles. The van der Waals surface area contributed by atoms with Crippen LogP contribution in [-0.2, 0) is 16.0 Å². The lowest BCUT2D eigenvalue weighted by Crippen LogP contribution is -2.57. The first-order valence-corrected chi connectivity index (χ1v) is 16.6. The summed E-state index contributed by atoms with van der Waals surface area (Å²) >= 11 is 5.91. The lowest BCUT2D eigenvalue weighted by Gasteiger charge is -2.41. The third kappa shape index (κ3) is 9.91. The van der Waals surface area contributed by atoms with Gasteiger partial charge in [0.15, 0.2) is 35.0 Å². The van der Waals surface area contributed by atoms with Crippen LogP contribution in [0.4, 0.5) is 11.6 Å². The van der Waals surface area contributed by atoms with E-state index in [-0.39, 0.29) is 53.0 Å². The number of aryl methyl sites for hydroxylation is 1. The van der Waals surface area contributed by atoms with E-state index in [0.717, 1.165) is 51.6 Å². The molecule has 47 heavy (non-hydrogen) atoms. The van der Waals surface area contributed by atoms with Crippen LogP contribution in [0.5, 0.6) is 5.75 Å². The van der Waals surface area contributed by atoms with Gasteiger partial charge in [-0.05, 0) is 63.1 Å². The summed E-state index contributed by atoms with van der Waals surface area (Å²) in [5.41, 5.74) is 12.3. The van der Waals surface area contributed by atoms with Crippen LogP contribution >= 0.6 is 11.6 Å². The molecule has 0 aliphatic carbocycles. The van der Waals surface area contributed by atoms with Crippen molar-refractivity contribution in [3.63, 3.8) is 0 Å². The topological polar surface area (TPSA) is 193 Å². The molecular formula is C32H47ClN10O4. The molecule has 3 heterocycles. The Hall–Kier alpha value is -4.17. The number of carbonyl (C=O) groups is 3. The van der Waals surface area contributed by atoms with Crippen molar-refractivity contribution < 1.29 is 19.1 Å².